The Morgan fingerprint density at radius 3 is 2.88 bits per heavy atom. The van der Waals surface area contributed by atoms with E-state index in [1.165, 1.54) is 0 Å². The fraction of sp³-hybridized carbons (Fsp3) is 0.444. The SMILES string of the molecule is CC(C)CN1C[C@H](C(=O)[C@H](C#N)c2nc3ccccc3[nH]2)CC1=O. The highest BCUT2D eigenvalue weighted by molar-refractivity contribution is 5.95. The summed E-state index contributed by atoms with van der Waals surface area (Å²) in [6.07, 6.45) is 0.184. The second-order valence-corrected chi connectivity index (χ2v) is 6.70. The van der Waals surface area contributed by atoms with Crippen LogP contribution in [-0.4, -0.2) is 39.6 Å². The molecule has 1 aliphatic rings. The van der Waals surface area contributed by atoms with Crippen LogP contribution in [0.4, 0.5) is 0 Å². The molecular formula is C18H20N4O2. The number of nitriles is 1. The van der Waals surface area contributed by atoms with Gasteiger partial charge in [-0.2, -0.15) is 5.26 Å². The molecule has 6 nitrogen and oxygen atoms in total. The van der Waals surface area contributed by atoms with E-state index < -0.39 is 11.8 Å². The van der Waals surface area contributed by atoms with Crippen molar-refractivity contribution in [3.05, 3.63) is 30.1 Å². The van der Waals surface area contributed by atoms with Gasteiger partial charge in [-0.15, -0.1) is 0 Å². The number of benzene rings is 1. The highest BCUT2D eigenvalue weighted by Gasteiger charge is 2.38. The lowest BCUT2D eigenvalue weighted by Crippen LogP contribution is -2.30. The van der Waals surface area contributed by atoms with E-state index in [-0.39, 0.29) is 18.1 Å². The van der Waals surface area contributed by atoms with Crippen molar-refractivity contribution in [2.24, 2.45) is 11.8 Å². The molecule has 0 bridgehead atoms. The lowest BCUT2D eigenvalue weighted by Gasteiger charge is -2.18. The van der Waals surface area contributed by atoms with Gasteiger partial charge in [0.15, 0.2) is 11.7 Å². The summed E-state index contributed by atoms with van der Waals surface area (Å²) < 4.78 is 0. The molecule has 0 aliphatic carbocycles. The van der Waals surface area contributed by atoms with E-state index in [0.29, 0.717) is 24.8 Å². The maximum atomic E-state index is 12.8. The molecule has 2 atom stereocenters. The standard InChI is InChI=1S/C18H20N4O2/c1-11(2)9-22-10-12(7-16(22)23)17(24)13(8-19)18-20-14-5-3-4-6-15(14)21-18/h3-6,11-13H,7,9-10H2,1-2H3,(H,20,21)/t12-,13+/m1/s1. The summed E-state index contributed by atoms with van der Waals surface area (Å²) in [4.78, 5) is 34.0. The maximum absolute atomic E-state index is 12.8. The zero-order chi connectivity index (χ0) is 17.3. The monoisotopic (exact) mass is 324 g/mol. The second kappa shape index (κ2) is 6.44. The Hall–Kier alpha value is -2.68. The van der Waals surface area contributed by atoms with Crippen LogP contribution in [-0.2, 0) is 9.59 Å². The molecule has 1 aromatic heterocycles. The number of aromatic amines is 1. The summed E-state index contributed by atoms with van der Waals surface area (Å²) in [5.74, 6) is -0.925. The number of likely N-dealkylation sites (tertiary alicyclic amines) is 1. The summed E-state index contributed by atoms with van der Waals surface area (Å²) in [5, 5.41) is 9.48. The minimum atomic E-state index is -0.964. The van der Waals surface area contributed by atoms with Crippen LogP contribution in [0.25, 0.3) is 11.0 Å². The summed E-state index contributed by atoms with van der Waals surface area (Å²) in [6.45, 7) is 5.11. The van der Waals surface area contributed by atoms with Crippen LogP contribution in [0, 0.1) is 23.2 Å². The van der Waals surface area contributed by atoms with Crippen LogP contribution in [0.1, 0.15) is 32.0 Å². The van der Waals surface area contributed by atoms with Crippen molar-refractivity contribution in [2.45, 2.75) is 26.2 Å². The van der Waals surface area contributed by atoms with Crippen LogP contribution in [0.3, 0.4) is 0 Å². The molecule has 1 aromatic carbocycles. The molecule has 1 saturated heterocycles. The first-order valence-electron chi connectivity index (χ1n) is 8.15. The number of hydrogen-bond donors (Lipinski definition) is 1. The lowest BCUT2D eigenvalue weighted by molar-refractivity contribution is -0.129. The van der Waals surface area contributed by atoms with Gasteiger partial charge in [0.25, 0.3) is 0 Å². The molecule has 24 heavy (non-hydrogen) atoms. The van der Waals surface area contributed by atoms with E-state index in [1.54, 1.807) is 4.90 Å². The average Bonchev–Trinajstić information content (AvgIpc) is 3.11. The summed E-state index contributed by atoms with van der Waals surface area (Å²) in [6, 6.07) is 9.46. The molecule has 6 heteroatoms. The van der Waals surface area contributed by atoms with Crippen molar-refractivity contribution < 1.29 is 9.59 Å². The normalized spacial score (nSPS) is 19.0. The smallest absolute Gasteiger partial charge is 0.223 e. The van der Waals surface area contributed by atoms with Crippen molar-refractivity contribution in [1.29, 1.82) is 5.26 Å². The molecule has 1 amide bonds. The number of fused-ring (bicyclic) bond motifs is 1. The van der Waals surface area contributed by atoms with Gasteiger partial charge < -0.3 is 9.88 Å². The first-order chi connectivity index (χ1) is 11.5. The highest BCUT2D eigenvalue weighted by Crippen LogP contribution is 2.27. The Kier molecular flexibility index (Phi) is 4.34. The molecule has 3 rings (SSSR count). The van der Waals surface area contributed by atoms with Crippen molar-refractivity contribution >= 4 is 22.7 Å². The first-order valence-corrected chi connectivity index (χ1v) is 8.15. The first kappa shape index (κ1) is 16.2. The number of rotatable bonds is 5. The van der Waals surface area contributed by atoms with Crippen LogP contribution in [0.5, 0.6) is 0 Å². The Balaban J connectivity index is 1.80. The molecule has 2 aromatic rings. The Morgan fingerprint density at radius 1 is 1.46 bits per heavy atom. The number of aromatic nitrogens is 2. The van der Waals surface area contributed by atoms with E-state index in [2.05, 4.69) is 16.0 Å². The average molecular weight is 324 g/mol. The van der Waals surface area contributed by atoms with Gasteiger partial charge in [-0.05, 0) is 18.1 Å². The number of carbonyl (C=O) groups excluding carboxylic acids is 2. The van der Waals surface area contributed by atoms with Crippen LogP contribution >= 0.6 is 0 Å². The predicted molar refractivity (Wildman–Crippen MR) is 89.0 cm³/mol. The number of imidazole rings is 1. The third kappa shape index (κ3) is 3.02. The van der Waals surface area contributed by atoms with Crippen LogP contribution in [0.15, 0.2) is 24.3 Å². The number of Topliss-reactive ketones (excluding diaryl/α,β-unsaturated/α-hetero) is 1. The molecule has 1 fully saturated rings. The van der Waals surface area contributed by atoms with Gasteiger partial charge in [0.2, 0.25) is 5.91 Å². The zero-order valence-corrected chi connectivity index (χ0v) is 13.8. The molecule has 1 aliphatic heterocycles. The van der Waals surface area contributed by atoms with Gasteiger partial charge in [0.1, 0.15) is 5.82 Å². The van der Waals surface area contributed by atoms with Gasteiger partial charge in [-0.1, -0.05) is 26.0 Å². The quantitative estimate of drug-likeness (QED) is 0.913. The summed E-state index contributed by atoms with van der Waals surface area (Å²) >= 11 is 0. The number of carbonyl (C=O) groups is 2. The number of nitrogens with zero attached hydrogens (tertiary/aromatic N) is 3. The largest absolute Gasteiger partial charge is 0.342 e. The molecule has 0 spiro atoms. The number of hydrogen-bond acceptors (Lipinski definition) is 4. The van der Waals surface area contributed by atoms with Gasteiger partial charge in [-0.3, -0.25) is 9.59 Å². The second-order valence-electron chi connectivity index (χ2n) is 6.70. The maximum Gasteiger partial charge on any atom is 0.223 e. The molecule has 2 heterocycles. The number of amides is 1. The molecule has 0 unspecified atom stereocenters. The number of ketones is 1. The van der Waals surface area contributed by atoms with Gasteiger partial charge in [-0.25, -0.2) is 4.98 Å². The van der Waals surface area contributed by atoms with E-state index in [9.17, 15) is 14.9 Å². The van der Waals surface area contributed by atoms with E-state index >= 15 is 0 Å². The topological polar surface area (TPSA) is 89.8 Å². The van der Waals surface area contributed by atoms with E-state index in [1.807, 2.05) is 38.1 Å². The lowest BCUT2D eigenvalue weighted by atomic mass is 9.92. The number of H-pyrrole nitrogens is 1. The van der Waals surface area contributed by atoms with E-state index in [4.69, 9.17) is 0 Å². The van der Waals surface area contributed by atoms with Gasteiger partial charge >= 0.3 is 0 Å². The number of nitrogens with one attached hydrogen (secondary N) is 1. The molecular weight excluding hydrogens is 304 g/mol. The highest BCUT2D eigenvalue weighted by atomic mass is 16.2. The summed E-state index contributed by atoms with van der Waals surface area (Å²) in [7, 11) is 0. The minimum absolute atomic E-state index is 0.0108. The summed E-state index contributed by atoms with van der Waals surface area (Å²) in [5.41, 5.74) is 1.52. The molecule has 124 valence electrons. The van der Waals surface area contributed by atoms with Gasteiger partial charge in [0, 0.05) is 25.4 Å². The van der Waals surface area contributed by atoms with Crippen molar-refractivity contribution in [1.82, 2.24) is 14.9 Å². The fourth-order valence-electron chi connectivity index (χ4n) is 3.18. The van der Waals surface area contributed by atoms with Gasteiger partial charge in [0.05, 0.1) is 17.1 Å². The minimum Gasteiger partial charge on any atom is -0.342 e. The van der Waals surface area contributed by atoms with Crippen LogP contribution < -0.4 is 0 Å². The third-order valence-corrected chi connectivity index (χ3v) is 4.30. The number of para-hydroxylation sites is 2. The Labute approximate surface area is 140 Å². The Bertz CT molecular complexity index is 785. The molecule has 0 saturated carbocycles. The van der Waals surface area contributed by atoms with Crippen molar-refractivity contribution in [3.63, 3.8) is 0 Å². The van der Waals surface area contributed by atoms with Crippen molar-refractivity contribution in [3.8, 4) is 6.07 Å². The predicted octanol–water partition coefficient (Wildman–Crippen LogP) is 2.24. The molecule has 0 radical (unpaired) electrons. The molecule has 1 N–H and O–H groups in total. The van der Waals surface area contributed by atoms with E-state index in [0.717, 1.165) is 11.0 Å². The van der Waals surface area contributed by atoms with Crippen molar-refractivity contribution in [2.75, 3.05) is 13.1 Å². The Morgan fingerprint density at radius 2 is 2.21 bits per heavy atom. The van der Waals surface area contributed by atoms with Crippen LogP contribution in [0.2, 0.25) is 0 Å². The zero-order valence-electron chi connectivity index (χ0n) is 13.8. The fourth-order valence-corrected chi connectivity index (χ4v) is 3.18. The third-order valence-electron chi connectivity index (χ3n) is 4.30.